The minimum atomic E-state index is -1.14. The minimum absolute atomic E-state index is 0.0671. The fraction of sp³-hybridized carbons (Fsp3) is 0. The predicted molar refractivity (Wildman–Crippen MR) is 36.6 cm³/mol. The van der Waals surface area contributed by atoms with E-state index in [0.29, 0.717) is 6.29 Å². The number of carbonyl (C=O) groups is 2. The lowest BCUT2D eigenvalue weighted by Crippen LogP contribution is -2.01. The SMILES string of the molecule is O=Cc1ccncc1C(=O)O. The van der Waals surface area contributed by atoms with Crippen molar-refractivity contribution in [2.75, 3.05) is 0 Å². The molecule has 11 heavy (non-hydrogen) atoms. The van der Waals surface area contributed by atoms with Gasteiger partial charge in [0.2, 0.25) is 0 Å². The molecule has 0 saturated heterocycles. The van der Waals surface area contributed by atoms with E-state index in [4.69, 9.17) is 5.11 Å². The largest absolute Gasteiger partial charge is 0.478 e. The van der Waals surface area contributed by atoms with Gasteiger partial charge in [0, 0.05) is 18.0 Å². The second-order valence-corrected chi connectivity index (χ2v) is 1.89. The van der Waals surface area contributed by atoms with E-state index in [-0.39, 0.29) is 11.1 Å². The molecule has 0 saturated carbocycles. The van der Waals surface area contributed by atoms with Crippen molar-refractivity contribution in [1.29, 1.82) is 0 Å². The van der Waals surface area contributed by atoms with Crippen molar-refractivity contribution in [3.8, 4) is 0 Å². The van der Waals surface area contributed by atoms with Crippen LogP contribution in [-0.2, 0) is 0 Å². The maximum atomic E-state index is 10.4. The Labute approximate surface area is 62.5 Å². The summed E-state index contributed by atoms with van der Waals surface area (Å²) in [6, 6.07) is 1.36. The second kappa shape index (κ2) is 2.92. The van der Waals surface area contributed by atoms with Crippen LogP contribution in [-0.4, -0.2) is 22.3 Å². The first-order valence-corrected chi connectivity index (χ1v) is 2.88. The Morgan fingerprint density at radius 1 is 1.64 bits per heavy atom. The number of aldehydes is 1. The summed E-state index contributed by atoms with van der Waals surface area (Å²) in [5.74, 6) is -1.14. The van der Waals surface area contributed by atoms with Gasteiger partial charge < -0.3 is 5.11 Å². The van der Waals surface area contributed by atoms with Gasteiger partial charge in [0.05, 0.1) is 5.56 Å². The normalized spacial score (nSPS) is 9.09. The van der Waals surface area contributed by atoms with Crippen molar-refractivity contribution >= 4 is 12.3 Å². The molecular weight excluding hydrogens is 146 g/mol. The molecule has 1 aromatic heterocycles. The van der Waals surface area contributed by atoms with E-state index in [2.05, 4.69) is 4.98 Å². The van der Waals surface area contributed by atoms with Crippen molar-refractivity contribution in [3.05, 3.63) is 29.6 Å². The van der Waals surface area contributed by atoms with E-state index in [9.17, 15) is 9.59 Å². The molecule has 0 aromatic carbocycles. The van der Waals surface area contributed by atoms with Gasteiger partial charge in [0.1, 0.15) is 0 Å². The van der Waals surface area contributed by atoms with E-state index in [0.717, 1.165) is 6.20 Å². The third-order valence-electron chi connectivity index (χ3n) is 1.21. The molecule has 0 aliphatic carbocycles. The molecule has 0 atom stereocenters. The molecule has 0 aliphatic heterocycles. The first kappa shape index (κ1) is 7.40. The smallest absolute Gasteiger partial charge is 0.337 e. The number of hydrogen-bond acceptors (Lipinski definition) is 3. The van der Waals surface area contributed by atoms with Gasteiger partial charge in [-0.25, -0.2) is 4.79 Å². The summed E-state index contributed by atoms with van der Waals surface area (Å²) >= 11 is 0. The molecular formula is C7H5NO3. The summed E-state index contributed by atoms with van der Waals surface area (Å²) in [5.41, 5.74) is 0.0787. The standard InChI is InChI=1S/C7H5NO3/c9-4-5-1-2-8-3-6(5)7(10)11/h1-4H,(H,10,11). The van der Waals surface area contributed by atoms with Gasteiger partial charge in [0.25, 0.3) is 0 Å². The van der Waals surface area contributed by atoms with Crippen LogP contribution in [0.15, 0.2) is 18.5 Å². The van der Waals surface area contributed by atoms with Gasteiger partial charge in [-0.05, 0) is 6.07 Å². The summed E-state index contributed by atoms with van der Waals surface area (Å²) in [6.07, 6.45) is 3.01. The fourth-order valence-electron chi connectivity index (χ4n) is 0.687. The fourth-order valence-corrected chi connectivity index (χ4v) is 0.687. The van der Waals surface area contributed by atoms with Crippen LogP contribution >= 0.6 is 0 Å². The Morgan fingerprint density at radius 2 is 2.36 bits per heavy atom. The van der Waals surface area contributed by atoms with Crippen LogP contribution in [0.1, 0.15) is 20.7 Å². The third kappa shape index (κ3) is 1.40. The molecule has 0 radical (unpaired) electrons. The number of hydrogen-bond donors (Lipinski definition) is 1. The third-order valence-corrected chi connectivity index (χ3v) is 1.21. The van der Waals surface area contributed by atoms with E-state index in [1.807, 2.05) is 0 Å². The molecule has 0 fully saturated rings. The van der Waals surface area contributed by atoms with Crippen molar-refractivity contribution in [3.63, 3.8) is 0 Å². The number of rotatable bonds is 2. The number of nitrogens with zero attached hydrogens (tertiary/aromatic N) is 1. The Kier molecular flexibility index (Phi) is 1.96. The molecule has 0 amide bonds. The number of carbonyl (C=O) groups excluding carboxylic acids is 1. The Balaban J connectivity index is 3.22. The molecule has 0 unspecified atom stereocenters. The van der Waals surface area contributed by atoms with Crippen LogP contribution in [0, 0.1) is 0 Å². The monoisotopic (exact) mass is 151 g/mol. The average molecular weight is 151 g/mol. The highest BCUT2D eigenvalue weighted by atomic mass is 16.4. The highest BCUT2D eigenvalue weighted by Crippen LogP contribution is 2.02. The van der Waals surface area contributed by atoms with E-state index < -0.39 is 5.97 Å². The second-order valence-electron chi connectivity index (χ2n) is 1.89. The highest BCUT2D eigenvalue weighted by molar-refractivity contribution is 5.96. The molecule has 0 bridgehead atoms. The zero-order valence-corrected chi connectivity index (χ0v) is 5.52. The van der Waals surface area contributed by atoms with Crippen LogP contribution in [0.5, 0.6) is 0 Å². The molecule has 1 aromatic rings. The van der Waals surface area contributed by atoms with E-state index in [1.54, 1.807) is 0 Å². The van der Waals surface area contributed by atoms with Gasteiger partial charge in [-0.2, -0.15) is 0 Å². The first-order valence-electron chi connectivity index (χ1n) is 2.88. The van der Waals surface area contributed by atoms with E-state index in [1.165, 1.54) is 12.3 Å². The molecule has 1 rings (SSSR count). The molecule has 56 valence electrons. The van der Waals surface area contributed by atoms with Gasteiger partial charge in [-0.1, -0.05) is 0 Å². The van der Waals surface area contributed by atoms with Gasteiger partial charge in [0.15, 0.2) is 6.29 Å². The minimum Gasteiger partial charge on any atom is -0.478 e. The zero-order valence-electron chi connectivity index (χ0n) is 5.52. The Bertz CT molecular complexity index is 295. The average Bonchev–Trinajstić information content (AvgIpc) is 2.04. The zero-order chi connectivity index (χ0) is 8.27. The molecule has 4 nitrogen and oxygen atoms in total. The molecule has 0 spiro atoms. The summed E-state index contributed by atoms with van der Waals surface area (Å²) in [7, 11) is 0. The van der Waals surface area contributed by atoms with Crippen LogP contribution < -0.4 is 0 Å². The van der Waals surface area contributed by atoms with Crippen LogP contribution in [0.2, 0.25) is 0 Å². The van der Waals surface area contributed by atoms with Crippen molar-refractivity contribution in [2.45, 2.75) is 0 Å². The maximum Gasteiger partial charge on any atom is 0.337 e. The quantitative estimate of drug-likeness (QED) is 0.628. The van der Waals surface area contributed by atoms with Crippen LogP contribution in [0.4, 0.5) is 0 Å². The first-order chi connectivity index (χ1) is 5.25. The highest BCUT2D eigenvalue weighted by Gasteiger charge is 2.07. The molecule has 4 heteroatoms. The predicted octanol–water partition coefficient (Wildman–Crippen LogP) is 0.592. The van der Waals surface area contributed by atoms with E-state index >= 15 is 0 Å². The Hall–Kier alpha value is -1.71. The van der Waals surface area contributed by atoms with Crippen molar-refractivity contribution in [2.24, 2.45) is 0 Å². The maximum absolute atomic E-state index is 10.4. The van der Waals surface area contributed by atoms with Crippen LogP contribution in [0.25, 0.3) is 0 Å². The number of aromatic nitrogens is 1. The number of aromatic carboxylic acids is 1. The summed E-state index contributed by atoms with van der Waals surface area (Å²) < 4.78 is 0. The lowest BCUT2D eigenvalue weighted by atomic mass is 10.2. The number of carboxylic acids is 1. The van der Waals surface area contributed by atoms with Gasteiger partial charge >= 0.3 is 5.97 Å². The molecule has 1 N–H and O–H groups in total. The van der Waals surface area contributed by atoms with Crippen molar-refractivity contribution < 1.29 is 14.7 Å². The topological polar surface area (TPSA) is 67.3 Å². The van der Waals surface area contributed by atoms with Gasteiger partial charge in [-0.3, -0.25) is 9.78 Å². The van der Waals surface area contributed by atoms with Gasteiger partial charge in [-0.15, -0.1) is 0 Å². The molecule has 0 aliphatic rings. The van der Waals surface area contributed by atoms with Crippen LogP contribution in [0.3, 0.4) is 0 Å². The summed E-state index contributed by atoms with van der Waals surface area (Å²) in [6.45, 7) is 0. The lowest BCUT2D eigenvalue weighted by Gasteiger charge is -1.94. The molecule has 1 heterocycles. The summed E-state index contributed by atoms with van der Waals surface area (Å²) in [5, 5.41) is 8.50. The number of pyridine rings is 1. The summed E-state index contributed by atoms with van der Waals surface area (Å²) in [4.78, 5) is 24.2. The number of carboxylic acid groups (broad SMARTS) is 1. The van der Waals surface area contributed by atoms with Crippen molar-refractivity contribution in [1.82, 2.24) is 4.98 Å². The lowest BCUT2D eigenvalue weighted by molar-refractivity contribution is 0.0693. The Morgan fingerprint density at radius 3 is 2.82 bits per heavy atom.